The van der Waals surface area contributed by atoms with Crippen molar-refractivity contribution in [3.8, 4) is 11.4 Å². The van der Waals surface area contributed by atoms with Gasteiger partial charge in [0, 0.05) is 38.3 Å². The topological polar surface area (TPSA) is 94.7 Å². The van der Waals surface area contributed by atoms with Gasteiger partial charge in [0.05, 0.1) is 18.2 Å². The van der Waals surface area contributed by atoms with Crippen molar-refractivity contribution < 1.29 is 14.4 Å². The van der Waals surface area contributed by atoms with Crippen LogP contribution in [0.25, 0.3) is 11.4 Å². The molecule has 30 heavy (non-hydrogen) atoms. The second kappa shape index (κ2) is 10.5. The van der Waals surface area contributed by atoms with Crippen molar-refractivity contribution in [3.05, 3.63) is 35.7 Å². The van der Waals surface area contributed by atoms with Gasteiger partial charge in [0.15, 0.2) is 0 Å². The van der Waals surface area contributed by atoms with Crippen LogP contribution in [0.1, 0.15) is 30.8 Å². The summed E-state index contributed by atoms with van der Waals surface area (Å²) in [6, 6.07) is 7.79. The van der Waals surface area contributed by atoms with Crippen LogP contribution in [-0.4, -0.2) is 75.8 Å². The van der Waals surface area contributed by atoms with Gasteiger partial charge in [-0.1, -0.05) is 35.0 Å². The van der Waals surface area contributed by atoms with E-state index in [1.54, 1.807) is 0 Å². The zero-order valence-corrected chi connectivity index (χ0v) is 18.8. The molecule has 1 aromatic heterocycles. The second-order valence-electron chi connectivity index (χ2n) is 7.71. The quantitative estimate of drug-likeness (QED) is 0.722. The number of piperazine rings is 1. The molecule has 0 radical (unpaired) electrons. The molecule has 4 rings (SSSR count). The number of aliphatic hydroxyl groups is 1. The van der Waals surface area contributed by atoms with Crippen molar-refractivity contribution in [3.63, 3.8) is 0 Å². The fraction of sp³-hybridized carbons (Fsp3) is 0.550. The minimum Gasteiger partial charge on any atom is -0.392 e. The molecule has 10 heteroatoms. The summed E-state index contributed by atoms with van der Waals surface area (Å²) in [5.74, 6) is 1.28. The van der Waals surface area contributed by atoms with E-state index in [1.165, 1.54) is 5.56 Å². The highest BCUT2D eigenvalue weighted by atomic mass is 35.5. The summed E-state index contributed by atoms with van der Waals surface area (Å²) in [6.07, 6.45) is 0.0784. The van der Waals surface area contributed by atoms with E-state index in [0.29, 0.717) is 37.8 Å². The van der Waals surface area contributed by atoms with Crippen LogP contribution in [-0.2, 0) is 4.79 Å². The highest BCUT2D eigenvalue weighted by molar-refractivity contribution is 5.85. The Morgan fingerprint density at radius 2 is 1.87 bits per heavy atom. The maximum atomic E-state index is 12.6. The Bertz CT molecular complexity index is 824. The molecular weight excluding hydrogens is 429 g/mol. The molecule has 2 aliphatic rings. The van der Waals surface area contributed by atoms with Crippen molar-refractivity contribution in [2.45, 2.75) is 38.5 Å². The number of carbonyl (C=O) groups excluding carboxylic acids is 1. The van der Waals surface area contributed by atoms with Gasteiger partial charge in [-0.25, -0.2) is 0 Å². The minimum absolute atomic E-state index is 0. The molecule has 0 spiro atoms. The minimum atomic E-state index is -0.421. The number of hydrogen-bond acceptors (Lipinski definition) is 7. The van der Waals surface area contributed by atoms with Gasteiger partial charge in [-0.05, 0) is 20.3 Å². The van der Waals surface area contributed by atoms with Gasteiger partial charge in [-0.2, -0.15) is 4.98 Å². The first-order chi connectivity index (χ1) is 13.5. The molecule has 3 unspecified atom stereocenters. The van der Waals surface area contributed by atoms with Crippen LogP contribution in [0.4, 0.5) is 0 Å². The number of benzene rings is 1. The summed E-state index contributed by atoms with van der Waals surface area (Å²) in [6.45, 7) is 7.43. The summed E-state index contributed by atoms with van der Waals surface area (Å²) in [4.78, 5) is 21.3. The maximum Gasteiger partial charge on any atom is 0.244 e. The van der Waals surface area contributed by atoms with Crippen LogP contribution < -0.4 is 5.32 Å². The van der Waals surface area contributed by atoms with Gasteiger partial charge in [0.2, 0.25) is 17.6 Å². The third-order valence-electron chi connectivity index (χ3n) is 5.69. The van der Waals surface area contributed by atoms with Crippen molar-refractivity contribution >= 4 is 30.7 Å². The summed E-state index contributed by atoms with van der Waals surface area (Å²) >= 11 is 0. The number of carbonyl (C=O) groups is 1. The van der Waals surface area contributed by atoms with E-state index in [-0.39, 0.29) is 42.8 Å². The molecule has 0 saturated carbocycles. The lowest BCUT2D eigenvalue weighted by Crippen LogP contribution is -2.53. The molecule has 166 valence electrons. The normalized spacial score (nSPS) is 22.8. The number of halogens is 2. The van der Waals surface area contributed by atoms with Crippen LogP contribution in [0.2, 0.25) is 0 Å². The van der Waals surface area contributed by atoms with Gasteiger partial charge in [-0.15, -0.1) is 24.8 Å². The van der Waals surface area contributed by atoms with Gasteiger partial charge < -0.3 is 19.8 Å². The monoisotopic (exact) mass is 457 g/mol. The van der Waals surface area contributed by atoms with Crippen molar-refractivity contribution in [2.24, 2.45) is 0 Å². The van der Waals surface area contributed by atoms with Crippen LogP contribution in [0.5, 0.6) is 0 Å². The maximum absolute atomic E-state index is 12.6. The summed E-state index contributed by atoms with van der Waals surface area (Å²) in [5.41, 5.74) is 2.13. The Balaban J connectivity index is 0.00000160. The van der Waals surface area contributed by atoms with Crippen molar-refractivity contribution in [1.82, 2.24) is 25.3 Å². The lowest BCUT2D eigenvalue weighted by Gasteiger charge is -2.37. The Morgan fingerprint density at radius 3 is 2.47 bits per heavy atom. The standard InChI is InChI=1S/C20H27N5O3.2ClH/c1-13-3-5-15(6-4-13)18-22-19(28-23-18)14(2)24-7-9-25(10-8-24)20(27)17-11-16(26)12-21-17;;/h3-6,14,16-17,21,26H,7-12H2,1-2H3;2*1H. The SMILES string of the molecule is Cc1ccc(-c2noc(C(C)N3CCN(C(=O)C4CC(O)CN4)CC3)n2)cc1.Cl.Cl. The lowest BCUT2D eigenvalue weighted by atomic mass is 10.1. The first-order valence-corrected chi connectivity index (χ1v) is 9.86. The van der Waals surface area contributed by atoms with Crippen LogP contribution in [0.15, 0.2) is 28.8 Å². The molecule has 0 aliphatic carbocycles. The molecule has 1 amide bonds. The zero-order chi connectivity index (χ0) is 19.7. The molecule has 2 aliphatic heterocycles. The van der Waals surface area contributed by atoms with Gasteiger partial charge in [0.25, 0.3) is 0 Å². The van der Waals surface area contributed by atoms with Gasteiger partial charge in [-0.3, -0.25) is 9.69 Å². The van der Waals surface area contributed by atoms with E-state index in [4.69, 9.17) is 4.52 Å². The molecule has 1 aromatic carbocycles. The van der Waals surface area contributed by atoms with Crippen molar-refractivity contribution in [1.29, 1.82) is 0 Å². The Kier molecular flexibility index (Phi) is 8.63. The fourth-order valence-corrected chi connectivity index (χ4v) is 3.84. The van der Waals surface area contributed by atoms with Crippen LogP contribution in [0, 0.1) is 6.92 Å². The van der Waals surface area contributed by atoms with E-state index in [0.717, 1.165) is 18.7 Å². The number of aryl methyl sites for hydroxylation is 1. The molecule has 2 aromatic rings. The Hall–Kier alpha value is -1.71. The Labute approximate surface area is 188 Å². The molecule has 8 nitrogen and oxygen atoms in total. The highest BCUT2D eigenvalue weighted by Crippen LogP contribution is 2.24. The van der Waals surface area contributed by atoms with Crippen molar-refractivity contribution in [2.75, 3.05) is 32.7 Å². The predicted octanol–water partition coefficient (Wildman–Crippen LogP) is 1.82. The third-order valence-corrected chi connectivity index (χ3v) is 5.69. The van der Waals surface area contributed by atoms with E-state index in [2.05, 4.69) is 27.3 Å². The predicted molar refractivity (Wildman–Crippen MR) is 118 cm³/mol. The lowest BCUT2D eigenvalue weighted by molar-refractivity contribution is -0.135. The molecule has 2 saturated heterocycles. The molecular formula is C20H29Cl2N5O3. The van der Waals surface area contributed by atoms with E-state index in [9.17, 15) is 9.90 Å². The molecule has 2 fully saturated rings. The van der Waals surface area contributed by atoms with Crippen LogP contribution >= 0.6 is 24.8 Å². The number of hydrogen-bond donors (Lipinski definition) is 2. The highest BCUT2D eigenvalue weighted by Gasteiger charge is 2.34. The number of rotatable bonds is 4. The molecule has 0 bridgehead atoms. The number of β-amino-alcohol motifs (C(OH)–C–C–N with tert-alkyl or cyclic N) is 1. The summed E-state index contributed by atoms with van der Waals surface area (Å²) in [7, 11) is 0. The third kappa shape index (κ3) is 5.31. The summed E-state index contributed by atoms with van der Waals surface area (Å²) in [5, 5.41) is 16.8. The first-order valence-electron chi connectivity index (χ1n) is 9.86. The molecule has 3 heterocycles. The number of amides is 1. The van der Waals surface area contributed by atoms with E-state index < -0.39 is 6.10 Å². The number of nitrogens with one attached hydrogen (secondary N) is 1. The molecule has 2 N–H and O–H groups in total. The van der Waals surface area contributed by atoms with Gasteiger partial charge in [0.1, 0.15) is 0 Å². The Morgan fingerprint density at radius 1 is 1.20 bits per heavy atom. The summed E-state index contributed by atoms with van der Waals surface area (Å²) < 4.78 is 5.51. The average Bonchev–Trinajstić information content (AvgIpc) is 3.37. The fourth-order valence-electron chi connectivity index (χ4n) is 3.84. The van der Waals surface area contributed by atoms with E-state index >= 15 is 0 Å². The van der Waals surface area contributed by atoms with E-state index in [1.807, 2.05) is 36.1 Å². The van der Waals surface area contributed by atoms with Gasteiger partial charge >= 0.3 is 0 Å². The first kappa shape index (κ1) is 24.6. The zero-order valence-electron chi connectivity index (χ0n) is 17.2. The average molecular weight is 458 g/mol. The largest absolute Gasteiger partial charge is 0.392 e. The smallest absolute Gasteiger partial charge is 0.244 e. The second-order valence-corrected chi connectivity index (χ2v) is 7.71. The van der Waals surface area contributed by atoms with Crippen LogP contribution in [0.3, 0.4) is 0 Å². The molecule has 3 atom stereocenters. The number of aliphatic hydroxyl groups excluding tert-OH is 1. The number of aromatic nitrogens is 2. The number of nitrogens with zero attached hydrogens (tertiary/aromatic N) is 4.